The molecular formula is C20H15FN4S. The van der Waals surface area contributed by atoms with E-state index in [1.807, 2.05) is 48.5 Å². The molecular weight excluding hydrogens is 347 g/mol. The molecule has 1 heterocycles. The number of benzene rings is 3. The molecule has 0 fully saturated rings. The van der Waals surface area contributed by atoms with Crippen LogP contribution in [-0.2, 0) is 0 Å². The van der Waals surface area contributed by atoms with Gasteiger partial charge in [-0.05, 0) is 72.9 Å². The van der Waals surface area contributed by atoms with Gasteiger partial charge in [0.1, 0.15) is 11.6 Å². The Morgan fingerprint density at radius 2 is 1.46 bits per heavy atom. The predicted octanol–water partition coefficient (Wildman–Crippen LogP) is 5.18. The average molecular weight is 362 g/mol. The normalized spacial score (nSPS) is 10.7. The maximum absolute atomic E-state index is 12.9. The van der Waals surface area contributed by atoms with Gasteiger partial charge in [0.2, 0.25) is 0 Å². The summed E-state index contributed by atoms with van der Waals surface area (Å²) in [6, 6.07) is 21.8. The number of nitrogens with one attached hydrogen (secondary N) is 3. The fourth-order valence-corrected chi connectivity index (χ4v) is 2.86. The van der Waals surface area contributed by atoms with Crippen LogP contribution in [0.25, 0.3) is 22.4 Å². The molecule has 3 aromatic carbocycles. The Morgan fingerprint density at radius 3 is 2.12 bits per heavy atom. The summed E-state index contributed by atoms with van der Waals surface area (Å²) in [5.74, 6) is 0.542. The fraction of sp³-hybridized carbons (Fsp3) is 0. The minimum Gasteiger partial charge on any atom is -0.338 e. The molecule has 0 radical (unpaired) electrons. The second-order valence-electron chi connectivity index (χ2n) is 5.77. The number of hydrogen-bond acceptors (Lipinski definition) is 2. The lowest BCUT2D eigenvalue weighted by Gasteiger charge is -2.10. The molecule has 0 atom stereocenters. The molecule has 0 aliphatic heterocycles. The van der Waals surface area contributed by atoms with E-state index >= 15 is 0 Å². The van der Waals surface area contributed by atoms with Crippen molar-refractivity contribution in [3.63, 3.8) is 0 Å². The number of anilines is 2. The molecule has 3 N–H and O–H groups in total. The molecule has 0 spiro atoms. The first-order valence-corrected chi connectivity index (χ1v) is 8.47. The van der Waals surface area contributed by atoms with Gasteiger partial charge in [-0.25, -0.2) is 9.37 Å². The molecule has 0 saturated carbocycles. The smallest absolute Gasteiger partial charge is 0.175 e. The zero-order valence-electron chi connectivity index (χ0n) is 13.7. The molecule has 4 nitrogen and oxygen atoms in total. The maximum Gasteiger partial charge on any atom is 0.175 e. The highest BCUT2D eigenvalue weighted by Crippen LogP contribution is 2.22. The third-order valence-corrected chi connectivity index (χ3v) is 4.11. The van der Waals surface area contributed by atoms with Crippen molar-refractivity contribution in [1.29, 1.82) is 0 Å². The van der Waals surface area contributed by atoms with E-state index in [0.29, 0.717) is 5.11 Å². The Labute approximate surface area is 155 Å². The summed E-state index contributed by atoms with van der Waals surface area (Å²) < 4.78 is 12.9. The maximum atomic E-state index is 12.9. The van der Waals surface area contributed by atoms with Crippen molar-refractivity contribution < 1.29 is 4.39 Å². The molecule has 0 aliphatic carbocycles. The minimum atomic E-state index is -0.282. The lowest BCUT2D eigenvalue weighted by molar-refractivity contribution is 0.628. The number of hydrogen-bond donors (Lipinski definition) is 3. The number of para-hydroxylation sites is 2. The third kappa shape index (κ3) is 3.55. The first kappa shape index (κ1) is 16.2. The summed E-state index contributed by atoms with van der Waals surface area (Å²) in [6.07, 6.45) is 0. The Hall–Kier alpha value is -3.25. The van der Waals surface area contributed by atoms with Gasteiger partial charge in [-0.15, -0.1) is 0 Å². The standard InChI is InChI=1S/C20H15FN4S/c21-14-7-11-16(12-8-14)23-20(26)22-15-9-5-13(6-10-15)19-24-17-3-1-2-4-18(17)25-19/h1-12H,(H,24,25)(H2,22,23,26). The van der Waals surface area contributed by atoms with Crippen LogP contribution in [0.3, 0.4) is 0 Å². The van der Waals surface area contributed by atoms with Crippen LogP contribution in [0, 0.1) is 5.82 Å². The molecule has 0 aliphatic rings. The van der Waals surface area contributed by atoms with Crippen molar-refractivity contribution >= 4 is 39.7 Å². The number of aromatic nitrogens is 2. The summed E-state index contributed by atoms with van der Waals surface area (Å²) in [5, 5.41) is 6.56. The van der Waals surface area contributed by atoms with Gasteiger partial charge in [-0.1, -0.05) is 12.1 Å². The fourth-order valence-electron chi connectivity index (χ4n) is 2.63. The highest BCUT2D eigenvalue weighted by atomic mass is 32.1. The van der Waals surface area contributed by atoms with Crippen molar-refractivity contribution in [1.82, 2.24) is 9.97 Å². The number of rotatable bonds is 3. The molecule has 0 saturated heterocycles. The first-order valence-electron chi connectivity index (χ1n) is 8.06. The summed E-state index contributed by atoms with van der Waals surface area (Å²) in [6.45, 7) is 0. The Kier molecular flexibility index (Phi) is 4.33. The van der Waals surface area contributed by atoms with Crippen LogP contribution in [0.2, 0.25) is 0 Å². The van der Waals surface area contributed by atoms with Crippen molar-refractivity contribution in [2.75, 3.05) is 10.6 Å². The first-order chi connectivity index (χ1) is 12.7. The largest absolute Gasteiger partial charge is 0.338 e. The van der Waals surface area contributed by atoms with E-state index in [0.717, 1.165) is 33.8 Å². The van der Waals surface area contributed by atoms with E-state index in [9.17, 15) is 4.39 Å². The second-order valence-corrected chi connectivity index (χ2v) is 6.17. The van der Waals surface area contributed by atoms with E-state index in [4.69, 9.17) is 12.2 Å². The molecule has 4 rings (SSSR count). The van der Waals surface area contributed by atoms with Gasteiger partial charge in [-0.3, -0.25) is 0 Å². The quantitative estimate of drug-likeness (QED) is 0.440. The summed E-state index contributed by atoms with van der Waals surface area (Å²) in [7, 11) is 0. The van der Waals surface area contributed by atoms with Gasteiger partial charge in [0, 0.05) is 16.9 Å². The molecule has 6 heteroatoms. The van der Waals surface area contributed by atoms with E-state index in [1.54, 1.807) is 12.1 Å². The van der Waals surface area contributed by atoms with E-state index < -0.39 is 0 Å². The summed E-state index contributed by atoms with van der Waals surface area (Å²) >= 11 is 5.29. The van der Waals surface area contributed by atoms with E-state index in [1.165, 1.54) is 12.1 Å². The number of halogens is 1. The van der Waals surface area contributed by atoms with Crippen LogP contribution in [0.5, 0.6) is 0 Å². The van der Waals surface area contributed by atoms with E-state index in [2.05, 4.69) is 20.6 Å². The highest BCUT2D eigenvalue weighted by Gasteiger charge is 2.05. The van der Waals surface area contributed by atoms with Gasteiger partial charge in [0.15, 0.2) is 5.11 Å². The zero-order valence-corrected chi connectivity index (χ0v) is 14.5. The molecule has 1 aromatic heterocycles. The van der Waals surface area contributed by atoms with Gasteiger partial charge in [-0.2, -0.15) is 0 Å². The number of thiocarbonyl (C=S) groups is 1. The zero-order chi connectivity index (χ0) is 17.9. The van der Waals surface area contributed by atoms with Crippen LogP contribution in [-0.4, -0.2) is 15.1 Å². The molecule has 0 amide bonds. The van der Waals surface area contributed by atoms with Crippen molar-refractivity contribution in [3.05, 3.63) is 78.6 Å². The van der Waals surface area contributed by atoms with Crippen LogP contribution in [0.15, 0.2) is 72.8 Å². The van der Waals surface area contributed by atoms with Gasteiger partial charge >= 0.3 is 0 Å². The highest BCUT2D eigenvalue weighted by molar-refractivity contribution is 7.80. The van der Waals surface area contributed by atoms with Gasteiger partial charge in [0.05, 0.1) is 11.0 Å². The van der Waals surface area contributed by atoms with Crippen LogP contribution in [0.1, 0.15) is 0 Å². The molecule has 4 aromatic rings. The molecule has 0 unspecified atom stereocenters. The molecule has 26 heavy (non-hydrogen) atoms. The topological polar surface area (TPSA) is 52.7 Å². The lowest BCUT2D eigenvalue weighted by atomic mass is 10.2. The lowest BCUT2D eigenvalue weighted by Crippen LogP contribution is -2.18. The summed E-state index contributed by atoms with van der Waals surface area (Å²) in [5.41, 5.74) is 4.51. The molecule has 128 valence electrons. The Balaban J connectivity index is 1.45. The Bertz CT molecular complexity index is 1020. The van der Waals surface area contributed by atoms with Crippen LogP contribution in [0.4, 0.5) is 15.8 Å². The van der Waals surface area contributed by atoms with Crippen LogP contribution < -0.4 is 10.6 Å². The third-order valence-electron chi connectivity index (χ3n) is 3.91. The van der Waals surface area contributed by atoms with Crippen LogP contribution >= 0.6 is 12.2 Å². The molecule has 0 bridgehead atoms. The number of nitrogens with zero attached hydrogens (tertiary/aromatic N) is 1. The SMILES string of the molecule is Fc1ccc(NC(=S)Nc2ccc(-c3nc4ccccc4[nH]3)cc2)cc1. The van der Waals surface area contributed by atoms with E-state index in [-0.39, 0.29) is 5.82 Å². The van der Waals surface area contributed by atoms with Gasteiger partial charge < -0.3 is 15.6 Å². The Morgan fingerprint density at radius 1 is 0.846 bits per heavy atom. The number of imidazole rings is 1. The van der Waals surface area contributed by atoms with Crippen molar-refractivity contribution in [3.8, 4) is 11.4 Å². The van der Waals surface area contributed by atoms with Crippen molar-refractivity contribution in [2.45, 2.75) is 0 Å². The number of H-pyrrole nitrogens is 1. The average Bonchev–Trinajstić information content (AvgIpc) is 3.08. The second kappa shape index (κ2) is 6.93. The summed E-state index contributed by atoms with van der Waals surface area (Å²) in [4.78, 5) is 7.90. The predicted molar refractivity (Wildman–Crippen MR) is 108 cm³/mol. The monoisotopic (exact) mass is 362 g/mol. The van der Waals surface area contributed by atoms with Crippen molar-refractivity contribution in [2.24, 2.45) is 0 Å². The number of fused-ring (bicyclic) bond motifs is 1. The minimum absolute atomic E-state index is 0.282. The van der Waals surface area contributed by atoms with Gasteiger partial charge in [0.25, 0.3) is 0 Å². The number of aromatic amines is 1.